The lowest BCUT2D eigenvalue weighted by Gasteiger charge is -2.31. The Morgan fingerprint density at radius 1 is 1.12 bits per heavy atom. The summed E-state index contributed by atoms with van der Waals surface area (Å²) in [5.41, 5.74) is 6.71. The maximum atomic E-state index is 12.8. The van der Waals surface area contributed by atoms with E-state index in [-0.39, 0.29) is 12.0 Å². The highest BCUT2D eigenvalue weighted by Crippen LogP contribution is 2.36. The molecule has 1 fully saturated rings. The average molecular weight is 456 g/mol. The number of pyridine rings is 2. The van der Waals surface area contributed by atoms with Crippen LogP contribution in [-0.2, 0) is 13.6 Å². The number of hydrogen-bond donors (Lipinski definition) is 3. The van der Waals surface area contributed by atoms with Gasteiger partial charge in [0.2, 0.25) is 0 Å². The van der Waals surface area contributed by atoms with Gasteiger partial charge in [0.1, 0.15) is 11.3 Å². The molecule has 0 bridgehead atoms. The third-order valence-electron chi connectivity index (χ3n) is 6.90. The summed E-state index contributed by atoms with van der Waals surface area (Å²) in [6, 6.07) is 14.2. The number of rotatable bonds is 4. The third-order valence-corrected chi connectivity index (χ3v) is 6.90. The van der Waals surface area contributed by atoms with Gasteiger partial charge in [-0.3, -0.25) is 4.79 Å². The summed E-state index contributed by atoms with van der Waals surface area (Å²) >= 11 is 0. The van der Waals surface area contributed by atoms with Crippen molar-refractivity contribution in [1.82, 2.24) is 14.8 Å². The van der Waals surface area contributed by atoms with E-state index in [1.165, 1.54) is 0 Å². The first-order valence-corrected chi connectivity index (χ1v) is 11.6. The molecule has 2 aliphatic rings. The lowest BCUT2D eigenvalue weighted by molar-refractivity contribution is -0.737. The number of aryl methyl sites for hydroxylation is 1. The van der Waals surface area contributed by atoms with Crippen molar-refractivity contribution in [1.29, 1.82) is 0 Å². The molecule has 0 radical (unpaired) electrons. The number of amides is 1. The Morgan fingerprint density at radius 2 is 1.97 bits per heavy atom. The van der Waals surface area contributed by atoms with E-state index < -0.39 is 0 Å². The highest BCUT2D eigenvalue weighted by molar-refractivity contribution is 6.06. The Bertz CT molecular complexity index is 1390. The maximum Gasteiger partial charge on any atom is 0.254 e. The van der Waals surface area contributed by atoms with Crippen molar-refractivity contribution in [3.63, 3.8) is 0 Å². The fourth-order valence-electron chi connectivity index (χ4n) is 5.04. The molecule has 4 aromatic rings. The van der Waals surface area contributed by atoms with Gasteiger partial charge < -0.3 is 20.6 Å². The van der Waals surface area contributed by atoms with E-state index in [0.717, 1.165) is 59.5 Å². The van der Waals surface area contributed by atoms with Gasteiger partial charge in [0, 0.05) is 31.3 Å². The van der Waals surface area contributed by atoms with Crippen LogP contribution < -0.4 is 20.2 Å². The Morgan fingerprint density at radius 3 is 2.76 bits per heavy atom. The molecular formula is C26H27N6O2+. The van der Waals surface area contributed by atoms with Crippen LogP contribution in [-0.4, -0.2) is 39.7 Å². The van der Waals surface area contributed by atoms with Crippen LogP contribution in [0.25, 0.3) is 16.6 Å². The van der Waals surface area contributed by atoms with Crippen molar-refractivity contribution < 1.29 is 14.6 Å². The summed E-state index contributed by atoms with van der Waals surface area (Å²) in [6.07, 6.45) is 7.27. The van der Waals surface area contributed by atoms with Crippen molar-refractivity contribution in [2.45, 2.75) is 25.5 Å². The van der Waals surface area contributed by atoms with Crippen molar-refractivity contribution in [2.75, 3.05) is 23.3 Å². The fourth-order valence-corrected chi connectivity index (χ4v) is 5.04. The van der Waals surface area contributed by atoms with E-state index in [4.69, 9.17) is 0 Å². The molecule has 0 atom stereocenters. The van der Waals surface area contributed by atoms with Crippen LogP contribution >= 0.6 is 0 Å². The molecule has 0 aliphatic carbocycles. The number of nitrogens with zero attached hydrogens (tertiary/aromatic N) is 4. The lowest BCUT2D eigenvalue weighted by atomic mass is 9.95. The smallest absolute Gasteiger partial charge is 0.254 e. The molecule has 3 N–H and O–H groups in total. The molecular weight excluding hydrogens is 428 g/mol. The van der Waals surface area contributed by atoms with E-state index in [1.54, 1.807) is 0 Å². The Hall–Kier alpha value is -3.91. The van der Waals surface area contributed by atoms with Crippen LogP contribution in [0.15, 0.2) is 61.1 Å². The number of carbonyl (C=O) groups is 1. The summed E-state index contributed by atoms with van der Waals surface area (Å²) < 4.78 is 4.12. The summed E-state index contributed by atoms with van der Waals surface area (Å²) in [5, 5.41) is 16.1. The molecule has 5 heterocycles. The molecule has 0 unspecified atom stereocenters. The van der Waals surface area contributed by atoms with Gasteiger partial charge >= 0.3 is 0 Å². The van der Waals surface area contributed by atoms with Gasteiger partial charge in [-0.2, -0.15) is 0 Å². The Kier molecular flexibility index (Phi) is 4.95. The van der Waals surface area contributed by atoms with Crippen LogP contribution in [0.3, 0.4) is 0 Å². The van der Waals surface area contributed by atoms with Gasteiger partial charge in [-0.25, -0.2) is 4.98 Å². The fraction of sp³-hybridized carbons (Fsp3) is 0.269. The van der Waals surface area contributed by atoms with Gasteiger partial charge in [0.05, 0.1) is 35.4 Å². The first-order chi connectivity index (χ1) is 16.6. The van der Waals surface area contributed by atoms with E-state index in [9.17, 15) is 9.90 Å². The third kappa shape index (κ3) is 3.47. The number of anilines is 3. The summed E-state index contributed by atoms with van der Waals surface area (Å²) in [6.45, 7) is 2.16. The van der Waals surface area contributed by atoms with Gasteiger partial charge in [0.25, 0.3) is 5.91 Å². The molecule has 1 aromatic carbocycles. The van der Waals surface area contributed by atoms with E-state index in [1.807, 2.05) is 54.6 Å². The zero-order valence-electron chi connectivity index (χ0n) is 19.0. The first kappa shape index (κ1) is 20.7. The molecule has 8 heteroatoms. The topological polar surface area (TPSA) is 85.8 Å². The molecule has 1 saturated heterocycles. The molecule has 3 aromatic heterocycles. The predicted octanol–water partition coefficient (Wildman–Crippen LogP) is 2.77. The second-order valence-corrected chi connectivity index (χ2v) is 8.98. The number of piperidine rings is 1. The largest absolute Gasteiger partial charge is 0.393 e. The van der Waals surface area contributed by atoms with Crippen LogP contribution in [0.2, 0.25) is 0 Å². The molecule has 172 valence electrons. The number of aromatic nitrogens is 3. The minimum atomic E-state index is -0.200. The molecule has 0 spiro atoms. The van der Waals surface area contributed by atoms with Crippen LogP contribution in [0.1, 0.15) is 28.8 Å². The number of hydrogen-bond acceptors (Lipinski definition) is 5. The minimum absolute atomic E-state index is 0.0734. The van der Waals surface area contributed by atoms with Crippen LogP contribution in [0.4, 0.5) is 17.2 Å². The highest BCUT2D eigenvalue weighted by atomic mass is 16.3. The molecule has 6 rings (SSSR count). The summed E-state index contributed by atoms with van der Waals surface area (Å²) in [5.74, 6) is 0.617. The summed E-state index contributed by atoms with van der Waals surface area (Å²) in [4.78, 5) is 19.6. The van der Waals surface area contributed by atoms with Crippen molar-refractivity contribution >= 4 is 28.6 Å². The Balaban J connectivity index is 1.32. The lowest BCUT2D eigenvalue weighted by Crippen LogP contribution is -2.35. The summed E-state index contributed by atoms with van der Waals surface area (Å²) in [7, 11) is 2.01. The van der Waals surface area contributed by atoms with Crippen LogP contribution in [0.5, 0.6) is 0 Å². The predicted molar refractivity (Wildman–Crippen MR) is 130 cm³/mol. The number of aliphatic hydroxyl groups is 1. The average Bonchev–Trinajstić information content (AvgIpc) is 3.44. The molecule has 0 saturated carbocycles. The maximum absolute atomic E-state index is 12.8. The second-order valence-electron chi connectivity index (χ2n) is 8.98. The number of nitrogens with one attached hydrogen (secondary N) is 2. The quantitative estimate of drug-likeness (QED) is 0.412. The SMILES string of the molecule is C[n+]1ccc2c(-c3ccc(Nc4ccc(N5CCC(O)CC5)cn4)c4c3CNC4=O)cccn21. The second kappa shape index (κ2) is 8.14. The molecule has 1 amide bonds. The highest BCUT2D eigenvalue weighted by Gasteiger charge is 2.27. The van der Waals surface area contributed by atoms with Crippen LogP contribution in [0, 0.1) is 0 Å². The standard InChI is InChI=1S/C26H26N6O2/c1-30-12-10-23-20(3-2-11-32(23)30)19-5-6-22(25-21(19)16-28-26(25)34)29-24-7-4-17(15-27-24)31-13-8-18(33)9-14-31/h2-7,10-12,15,18,33H,8-9,13-14,16H2,1H3,(H-,27,28,29,34)/p+1. The van der Waals surface area contributed by atoms with Gasteiger partial charge in [-0.05, 0) is 48.2 Å². The van der Waals surface area contributed by atoms with Gasteiger partial charge in [-0.15, -0.1) is 9.20 Å². The Labute approximate surface area is 197 Å². The monoisotopic (exact) mass is 455 g/mol. The van der Waals surface area contributed by atoms with Crippen molar-refractivity contribution in [2.24, 2.45) is 7.05 Å². The van der Waals surface area contributed by atoms with E-state index in [0.29, 0.717) is 17.9 Å². The molecule has 34 heavy (non-hydrogen) atoms. The number of fused-ring (bicyclic) bond motifs is 2. The van der Waals surface area contributed by atoms with E-state index in [2.05, 4.69) is 43.2 Å². The normalized spacial score (nSPS) is 16.1. The molecule has 2 aliphatic heterocycles. The number of carbonyl (C=O) groups excluding carboxylic acids is 1. The van der Waals surface area contributed by atoms with E-state index >= 15 is 0 Å². The molecule has 8 nitrogen and oxygen atoms in total. The zero-order valence-corrected chi connectivity index (χ0v) is 19.0. The van der Waals surface area contributed by atoms with Gasteiger partial charge in [-0.1, -0.05) is 12.1 Å². The van der Waals surface area contributed by atoms with Gasteiger partial charge in [0.15, 0.2) is 13.2 Å². The first-order valence-electron chi connectivity index (χ1n) is 11.6. The zero-order chi connectivity index (χ0) is 23.2. The van der Waals surface area contributed by atoms with Crippen molar-refractivity contribution in [3.8, 4) is 11.1 Å². The number of aliphatic hydroxyl groups excluding tert-OH is 1. The number of benzene rings is 1. The minimum Gasteiger partial charge on any atom is -0.393 e. The van der Waals surface area contributed by atoms with Crippen molar-refractivity contribution in [3.05, 3.63) is 72.2 Å².